The normalized spacial score (nSPS) is 15.3. The smallest absolute Gasteiger partial charge is 0.282 e. The molecule has 0 unspecified atom stereocenters. The second-order valence-electron chi connectivity index (χ2n) is 7.19. The highest BCUT2D eigenvalue weighted by Gasteiger charge is 2.32. The van der Waals surface area contributed by atoms with Crippen LogP contribution in [0.4, 0.5) is 10.2 Å². The van der Waals surface area contributed by atoms with Crippen LogP contribution in [-0.4, -0.2) is 46.7 Å². The van der Waals surface area contributed by atoms with Gasteiger partial charge in [0, 0.05) is 18.7 Å². The number of nitrogen functional groups attached to an aromatic ring is 1. The number of nitrogens with zero attached hydrogens (tertiary/aromatic N) is 3. The van der Waals surface area contributed by atoms with Gasteiger partial charge in [-0.25, -0.2) is 9.07 Å². The minimum Gasteiger partial charge on any atom is -0.497 e. The van der Waals surface area contributed by atoms with Gasteiger partial charge in [0.15, 0.2) is 11.5 Å². The number of anilines is 1. The Morgan fingerprint density at radius 3 is 2.71 bits per heavy atom. The van der Waals surface area contributed by atoms with Crippen LogP contribution in [0.2, 0.25) is 0 Å². The molecule has 1 fully saturated rings. The summed E-state index contributed by atoms with van der Waals surface area (Å²) in [7, 11) is 1.58. The van der Waals surface area contributed by atoms with Crippen LogP contribution >= 0.6 is 0 Å². The molecule has 1 aliphatic rings. The third-order valence-corrected chi connectivity index (χ3v) is 5.16. The van der Waals surface area contributed by atoms with Gasteiger partial charge in [0.05, 0.1) is 13.2 Å². The molecule has 0 radical (unpaired) electrons. The number of rotatable bonds is 5. The van der Waals surface area contributed by atoms with Crippen LogP contribution in [-0.2, 0) is 11.2 Å². The number of methoxy groups -OCH3 is 1. The lowest BCUT2D eigenvalue weighted by Gasteiger charge is -2.16. The molecule has 2 amide bonds. The molecule has 2 aromatic rings. The Kier molecular flexibility index (Phi) is 6.30. The van der Waals surface area contributed by atoms with E-state index in [4.69, 9.17) is 16.2 Å². The van der Waals surface area contributed by atoms with E-state index in [1.165, 1.54) is 9.58 Å². The van der Waals surface area contributed by atoms with Gasteiger partial charge in [-0.3, -0.25) is 9.59 Å². The van der Waals surface area contributed by atoms with Gasteiger partial charge >= 0.3 is 0 Å². The summed E-state index contributed by atoms with van der Waals surface area (Å²) in [6, 6.07) is 5.29. The van der Waals surface area contributed by atoms with Crippen molar-refractivity contribution in [2.24, 2.45) is 5.73 Å². The molecule has 0 aliphatic carbocycles. The van der Waals surface area contributed by atoms with Crippen molar-refractivity contribution in [1.29, 1.82) is 0 Å². The molecule has 162 valence electrons. The van der Waals surface area contributed by atoms with Gasteiger partial charge in [0.2, 0.25) is 0 Å². The minimum absolute atomic E-state index is 0.0192. The van der Waals surface area contributed by atoms with E-state index in [1.807, 2.05) is 19.1 Å². The SMILES string of the molecule is C=C(F)C(=O)N1CC[C@H](n2nc(C#Cc3cc(CC)cc(OC)c3)c(C(N)=O)c2N)C1. The number of benzene rings is 1. The molecule has 9 heteroatoms. The maximum atomic E-state index is 13.2. The zero-order chi connectivity index (χ0) is 22.7. The third kappa shape index (κ3) is 4.53. The summed E-state index contributed by atoms with van der Waals surface area (Å²) in [4.78, 5) is 25.2. The number of hydrogen-bond acceptors (Lipinski definition) is 5. The number of carbonyl (C=O) groups excluding carboxylic acids is 2. The van der Waals surface area contributed by atoms with Gasteiger partial charge in [0.25, 0.3) is 11.8 Å². The standard InChI is InChI=1S/C22H24FN5O3/c1-4-14-9-15(11-17(10-14)31-3)5-6-18-19(21(25)29)20(24)28(26-18)16-7-8-27(12-16)22(30)13(2)23/h9-11,16H,2,4,7-8,12,24H2,1,3H3,(H2,25,29)/t16-/m0/s1. The number of amides is 2. The van der Waals surface area contributed by atoms with Crippen molar-refractivity contribution in [2.45, 2.75) is 25.8 Å². The Labute approximate surface area is 179 Å². The van der Waals surface area contributed by atoms with E-state index in [9.17, 15) is 14.0 Å². The van der Waals surface area contributed by atoms with Gasteiger partial charge in [-0.2, -0.15) is 5.10 Å². The Hall–Kier alpha value is -3.80. The largest absolute Gasteiger partial charge is 0.497 e. The molecular formula is C22H24FN5O3. The molecule has 0 saturated carbocycles. The summed E-state index contributed by atoms with van der Waals surface area (Å²) < 4.78 is 19.9. The molecule has 0 bridgehead atoms. The average molecular weight is 425 g/mol. The molecule has 31 heavy (non-hydrogen) atoms. The van der Waals surface area contributed by atoms with Crippen molar-refractivity contribution in [2.75, 3.05) is 25.9 Å². The number of aryl methyl sites for hydroxylation is 1. The Morgan fingerprint density at radius 2 is 2.10 bits per heavy atom. The monoisotopic (exact) mass is 425 g/mol. The maximum absolute atomic E-state index is 13.2. The van der Waals surface area contributed by atoms with Crippen LogP contribution in [0.5, 0.6) is 5.75 Å². The third-order valence-electron chi connectivity index (χ3n) is 5.16. The van der Waals surface area contributed by atoms with Crippen molar-refractivity contribution in [3.63, 3.8) is 0 Å². The predicted octanol–water partition coefficient (Wildman–Crippen LogP) is 1.79. The summed E-state index contributed by atoms with van der Waals surface area (Å²) in [5, 5.41) is 4.38. The summed E-state index contributed by atoms with van der Waals surface area (Å²) in [6.45, 7) is 5.57. The van der Waals surface area contributed by atoms with E-state index in [-0.39, 0.29) is 29.7 Å². The number of aromatic nitrogens is 2. The Bertz CT molecular complexity index is 1090. The quantitative estimate of drug-likeness (QED) is 0.560. The lowest BCUT2D eigenvalue weighted by atomic mass is 10.1. The average Bonchev–Trinajstić information content (AvgIpc) is 3.35. The fourth-order valence-electron chi connectivity index (χ4n) is 3.54. The molecule has 2 heterocycles. The molecule has 1 atom stereocenters. The fraction of sp³-hybridized carbons (Fsp3) is 0.318. The van der Waals surface area contributed by atoms with Gasteiger partial charge in [-0.1, -0.05) is 19.4 Å². The van der Waals surface area contributed by atoms with Gasteiger partial charge in [-0.05, 0) is 42.5 Å². The Morgan fingerprint density at radius 1 is 1.35 bits per heavy atom. The number of carbonyl (C=O) groups is 2. The molecule has 3 rings (SSSR count). The van der Waals surface area contributed by atoms with Gasteiger partial charge < -0.3 is 21.1 Å². The van der Waals surface area contributed by atoms with E-state index in [0.717, 1.165) is 12.0 Å². The molecule has 0 spiro atoms. The number of ether oxygens (including phenoxy) is 1. The second kappa shape index (κ2) is 8.92. The zero-order valence-electron chi connectivity index (χ0n) is 17.4. The van der Waals surface area contributed by atoms with Crippen molar-refractivity contribution in [3.8, 4) is 17.6 Å². The molecule has 1 aromatic carbocycles. The van der Waals surface area contributed by atoms with E-state index in [0.29, 0.717) is 24.3 Å². The highest BCUT2D eigenvalue weighted by atomic mass is 19.1. The van der Waals surface area contributed by atoms with E-state index < -0.39 is 17.6 Å². The van der Waals surface area contributed by atoms with Crippen molar-refractivity contribution < 1.29 is 18.7 Å². The fourth-order valence-corrected chi connectivity index (χ4v) is 3.54. The summed E-state index contributed by atoms with van der Waals surface area (Å²) >= 11 is 0. The van der Waals surface area contributed by atoms with Crippen molar-refractivity contribution in [3.05, 3.63) is 53.0 Å². The number of likely N-dealkylation sites (tertiary alicyclic amines) is 1. The molecular weight excluding hydrogens is 401 g/mol. The van der Waals surface area contributed by atoms with Crippen molar-refractivity contribution >= 4 is 17.6 Å². The molecule has 8 nitrogen and oxygen atoms in total. The first kappa shape index (κ1) is 21.9. The molecule has 1 saturated heterocycles. The number of nitrogens with two attached hydrogens (primary N) is 2. The topological polar surface area (TPSA) is 116 Å². The molecule has 1 aliphatic heterocycles. The molecule has 4 N–H and O–H groups in total. The van der Waals surface area contributed by atoms with Crippen LogP contribution in [0.15, 0.2) is 30.6 Å². The van der Waals surface area contributed by atoms with Gasteiger partial charge in [-0.15, -0.1) is 0 Å². The summed E-state index contributed by atoms with van der Waals surface area (Å²) in [6.07, 6.45) is 1.30. The summed E-state index contributed by atoms with van der Waals surface area (Å²) in [5.74, 6) is 4.05. The van der Waals surface area contributed by atoms with Crippen LogP contribution < -0.4 is 16.2 Å². The van der Waals surface area contributed by atoms with Crippen LogP contribution in [0.25, 0.3) is 0 Å². The highest BCUT2D eigenvalue weighted by molar-refractivity contribution is 5.99. The zero-order valence-corrected chi connectivity index (χ0v) is 17.4. The number of primary amides is 1. The summed E-state index contributed by atoms with van der Waals surface area (Å²) in [5.41, 5.74) is 13.6. The van der Waals surface area contributed by atoms with E-state index >= 15 is 0 Å². The number of hydrogen-bond donors (Lipinski definition) is 2. The van der Waals surface area contributed by atoms with Crippen LogP contribution in [0.3, 0.4) is 0 Å². The first-order chi connectivity index (χ1) is 14.7. The first-order valence-electron chi connectivity index (χ1n) is 9.76. The Balaban J connectivity index is 1.95. The van der Waals surface area contributed by atoms with Crippen LogP contribution in [0, 0.1) is 11.8 Å². The highest BCUT2D eigenvalue weighted by Crippen LogP contribution is 2.28. The van der Waals surface area contributed by atoms with E-state index in [1.54, 1.807) is 13.2 Å². The van der Waals surface area contributed by atoms with Crippen molar-refractivity contribution in [1.82, 2.24) is 14.7 Å². The maximum Gasteiger partial charge on any atom is 0.282 e. The minimum atomic E-state index is -1.02. The van der Waals surface area contributed by atoms with E-state index in [2.05, 4.69) is 23.5 Å². The predicted molar refractivity (Wildman–Crippen MR) is 114 cm³/mol. The lowest BCUT2D eigenvalue weighted by Crippen LogP contribution is -2.29. The lowest BCUT2D eigenvalue weighted by molar-refractivity contribution is -0.127. The number of halogens is 1. The van der Waals surface area contributed by atoms with Gasteiger partial charge in [0.1, 0.15) is 17.1 Å². The van der Waals surface area contributed by atoms with Crippen LogP contribution in [0.1, 0.15) is 46.6 Å². The molecule has 1 aromatic heterocycles. The first-order valence-corrected chi connectivity index (χ1v) is 9.76. The second-order valence-corrected chi connectivity index (χ2v) is 7.19.